The average Bonchev–Trinajstić information content (AvgIpc) is 3.10. The third-order valence-electron chi connectivity index (χ3n) is 9.65. The minimum atomic E-state index is 1.27. The second-order valence-electron chi connectivity index (χ2n) is 12.0. The van der Waals surface area contributed by atoms with Crippen molar-refractivity contribution in [3.05, 3.63) is 158 Å². The van der Waals surface area contributed by atoms with Crippen LogP contribution < -0.4 is 0 Å². The van der Waals surface area contributed by atoms with Crippen LogP contribution in [0.3, 0.4) is 0 Å². The van der Waals surface area contributed by atoms with Crippen molar-refractivity contribution < 1.29 is 0 Å². The molecule has 10 rings (SSSR count). The minimum absolute atomic E-state index is 1.27. The van der Waals surface area contributed by atoms with Crippen LogP contribution in [0.25, 0.3) is 87.2 Å². The molecular formula is C44H26S. The highest BCUT2D eigenvalue weighted by Gasteiger charge is 2.21. The molecule has 0 aliphatic carbocycles. The summed E-state index contributed by atoms with van der Waals surface area (Å²) in [6.07, 6.45) is 0. The molecule has 0 radical (unpaired) electrons. The van der Waals surface area contributed by atoms with Crippen LogP contribution in [-0.2, 0) is 0 Å². The van der Waals surface area contributed by atoms with Gasteiger partial charge in [-0.2, -0.15) is 0 Å². The van der Waals surface area contributed by atoms with E-state index >= 15 is 0 Å². The van der Waals surface area contributed by atoms with E-state index in [4.69, 9.17) is 0 Å². The third kappa shape index (κ3) is 3.62. The molecule has 0 fully saturated rings. The molecule has 1 aliphatic heterocycles. The highest BCUT2D eigenvalue weighted by Crippen LogP contribution is 2.50. The number of fused-ring (bicyclic) bond motifs is 7. The molecule has 1 heteroatoms. The summed E-state index contributed by atoms with van der Waals surface area (Å²) in [6.45, 7) is 0. The fraction of sp³-hybridized carbons (Fsp3) is 0. The van der Waals surface area contributed by atoms with E-state index in [1.165, 1.54) is 97.0 Å². The minimum Gasteiger partial charge on any atom is -0.0888 e. The zero-order chi connectivity index (χ0) is 29.5. The molecule has 45 heavy (non-hydrogen) atoms. The Morgan fingerprint density at radius 1 is 0.289 bits per heavy atom. The molecule has 0 aromatic heterocycles. The Morgan fingerprint density at radius 3 is 1.84 bits per heavy atom. The second-order valence-corrected chi connectivity index (χ2v) is 13.1. The van der Waals surface area contributed by atoms with Gasteiger partial charge in [0.2, 0.25) is 0 Å². The van der Waals surface area contributed by atoms with Crippen molar-refractivity contribution in [2.24, 2.45) is 0 Å². The maximum atomic E-state index is 2.40. The monoisotopic (exact) mass is 586 g/mol. The smallest absolute Gasteiger partial charge is 0.0207 e. The molecular weight excluding hydrogens is 561 g/mol. The Kier molecular flexibility index (Phi) is 5.31. The molecule has 9 aromatic rings. The molecule has 0 nitrogen and oxygen atoms in total. The van der Waals surface area contributed by atoms with Gasteiger partial charge in [-0.15, -0.1) is 0 Å². The van der Waals surface area contributed by atoms with Gasteiger partial charge in [-0.3, -0.25) is 0 Å². The van der Waals surface area contributed by atoms with Gasteiger partial charge >= 0.3 is 0 Å². The van der Waals surface area contributed by atoms with Gasteiger partial charge in [-0.25, -0.2) is 0 Å². The first-order valence-electron chi connectivity index (χ1n) is 15.5. The topological polar surface area (TPSA) is 0 Å². The summed E-state index contributed by atoms with van der Waals surface area (Å²) in [7, 11) is 0. The van der Waals surface area contributed by atoms with Crippen molar-refractivity contribution in [3.8, 4) is 33.4 Å². The van der Waals surface area contributed by atoms with Crippen molar-refractivity contribution in [1.29, 1.82) is 0 Å². The second kappa shape index (κ2) is 9.56. The fourth-order valence-corrected chi connectivity index (χ4v) is 8.82. The molecule has 0 bridgehead atoms. The molecule has 0 amide bonds. The van der Waals surface area contributed by atoms with Crippen LogP contribution in [-0.4, -0.2) is 0 Å². The van der Waals surface area contributed by atoms with Crippen LogP contribution in [0.4, 0.5) is 0 Å². The Hall–Kier alpha value is -5.37. The molecule has 1 aliphatic rings. The molecule has 0 spiro atoms. The summed E-state index contributed by atoms with van der Waals surface area (Å²) in [4.78, 5) is 2.66. The molecule has 0 N–H and O–H groups in total. The maximum Gasteiger partial charge on any atom is 0.0207 e. The van der Waals surface area contributed by atoms with Crippen molar-refractivity contribution in [3.63, 3.8) is 0 Å². The van der Waals surface area contributed by atoms with Crippen LogP contribution in [0, 0.1) is 0 Å². The standard InChI is InChI=1S/C44H26S/c1-3-13-29-27(10-1)12-7-18-36(29)43-30-14-4-2-11-28(30)26-40-32-17-8-16-31(33(32)22-23-39(40)43)34-24-25-42-44-37(34)19-9-20-38(44)35-15-5-6-21-41(35)45-42/h1-26H. The van der Waals surface area contributed by atoms with Gasteiger partial charge in [-0.05, 0) is 100 Å². The molecule has 0 saturated carbocycles. The third-order valence-corrected chi connectivity index (χ3v) is 10.8. The number of rotatable bonds is 2. The summed E-state index contributed by atoms with van der Waals surface area (Å²) in [6, 6.07) is 58.5. The summed E-state index contributed by atoms with van der Waals surface area (Å²) in [5, 5.41) is 12.9. The Balaban J connectivity index is 1.28. The Morgan fingerprint density at radius 2 is 0.911 bits per heavy atom. The van der Waals surface area contributed by atoms with Gasteiger partial charge in [-0.1, -0.05) is 151 Å². The van der Waals surface area contributed by atoms with Gasteiger partial charge in [0.25, 0.3) is 0 Å². The van der Waals surface area contributed by atoms with Crippen LogP contribution in [0.1, 0.15) is 0 Å². The highest BCUT2D eigenvalue weighted by atomic mass is 32.2. The zero-order valence-corrected chi connectivity index (χ0v) is 25.2. The van der Waals surface area contributed by atoms with E-state index in [1.54, 1.807) is 0 Å². The SMILES string of the molecule is c1ccc2c(c1)Sc1ccc(-c3cccc4c3ccc3c(-c5cccc6ccccc56)c5ccccc5cc34)c3cccc-2c13. The van der Waals surface area contributed by atoms with Gasteiger partial charge in [0.05, 0.1) is 0 Å². The highest BCUT2D eigenvalue weighted by molar-refractivity contribution is 7.99. The quantitative estimate of drug-likeness (QED) is 0.143. The van der Waals surface area contributed by atoms with Crippen molar-refractivity contribution >= 4 is 65.6 Å². The lowest BCUT2D eigenvalue weighted by Gasteiger charge is -2.22. The zero-order valence-electron chi connectivity index (χ0n) is 24.4. The molecule has 9 aromatic carbocycles. The normalized spacial score (nSPS) is 12.4. The van der Waals surface area contributed by atoms with Crippen LogP contribution >= 0.6 is 11.8 Å². The lowest BCUT2D eigenvalue weighted by atomic mass is 9.86. The average molecular weight is 587 g/mol. The van der Waals surface area contributed by atoms with E-state index in [9.17, 15) is 0 Å². The van der Waals surface area contributed by atoms with E-state index in [0.717, 1.165) is 0 Å². The van der Waals surface area contributed by atoms with E-state index in [0.29, 0.717) is 0 Å². The first-order chi connectivity index (χ1) is 22.3. The van der Waals surface area contributed by atoms with Crippen LogP contribution in [0.15, 0.2) is 168 Å². The van der Waals surface area contributed by atoms with Gasteiger partial charge in [0.1, 0.15) is 0 Å². The Labute approximate surface area is 265 Å². The van der Waals surface area contributed by atoms with E-state index in [1.807, 2.05) is 11.8 Å². The first-order valence-corrected chi connectivity index (χ1v) is 16.3. The van der Waals surface area contributed by atoms with Gasteiger partial charge in [0.15, 0.2) is 0 Å². The fourth-order valence-electron chi connectivity index (χ4n) is 7.69. The maximum absolute atomic E-state index is 2.40. The molecule has 0 atom stereocenters. The van der Waals surface area contributed by atoms with Crippen molar-refractivity contribution in [2.75, 3.05) is 0 Å². The molecule has 0 saturated heterocycles. The van der Waals surface area contributed by atoms with Crippen molar-refractivity contribution in [1.82, 2.24) is 0 Å². The van der Waals surface area contributed by atoms with Crippen LogP contribution in [0.5, 0.6) is 0 Å². The number of benzene rings is 9. The van der Waals surface area contributed by atoms with E-state index < -0.39 is 0 Å². The molecule has 0 unspecified atom stereocenters. The molecule has 208 valence electrons. The van der Waals surface area contributed by atoms with Gasteiger partial charge < -0.3 is 0 Å². The lowest BCUT2D eigenvalue weighted by molar-refractivity contribution is 1.40. The largest absolute Gasteiger partial charge is 0.0888 e. The van der Waals surface area contributed by atoms with Crippen molar-refractivity contribution in [2.45, 2.75) is 9.79 Å². The first kappa shape index (κ1) is 25.0. The number of hydrogen-bond donors (Lipinski definition) is 0. The van der Waals surface area contributed by atoms with Crippen LogP contribution in [0.2, 0.25) is 0 Å². The lowest BCUT2D eigenvalue weighted by Crippen LogP contribution is -1.94. The van der Waals surface area contributed by atoms with E-state index in [2.05, 4.69) is 158 Å². The van der Waals surface area contributed by atoms with Gasteiger partial charge in [0, 0.05) is 15.2 Å². The summed E-state index contributed by atoms with van der Waals surface area (Å²) < 4.78 is 0. The Bertz CT molecular complexity index is 2670. The van der Waals surface area contributed by atoms with E-state index in [-0.39, 0.29) is 0 Å². The summed E-state index contributed by atoms with van der Waals surface area (Å²) >= 11 is 1.89. The summed E-state index contributed by atoms with van der Waals surface area (Å²) in [5.41, 5.74) is 7.82. The predicted octanol–water partition coefficient (Wildman–Crippen LogP) is 12.9. The molecule has 1 heterocycles. The summed E-state index contributed by atoms with van der Waals surface area (Å²) in [5.74, 6) is 0. The number of hydrogen-bond acceptors (Lipinski definition) is 1. The predicted molar refractivity (Wildman–Crippen MR) is 194 cm³/mol.